The highest BCUT2D eigenvalue weighted by atomic mass is 16.5. The molecule has 6 rings (SSSR count). The maximum atomic E-state index is 13.0. The zero-order valence-corrected chi connectivity index (χ0v) is 16.5. The van der Waals surface area contributed by atoms with E-state index in [1.165, 1.54) is 18.9 Å². The van der Waals surface area contributed by atoms with Gasteiger partial charge in [0, 0.05) is 24.5 Å². The summed E-state index contributed by atoms with van der Waals surface area (Å²) in [6, 6.07) is 5.96. The summed E-state index contributed by atoms with van der Waals surface area (Å²) in [5.41, 5.74) is 4.37. The summed E-state index contributed by atoms with van der Waals surface area (Å²) < 4.78 is 6.90. The number of nitrogens with zero attached hydrogens (tertiary/aromatic N) is 5. The van der Waals surface area contributed by atoms with E-state index >= 15 is 0 Å². The summed E-state index contributed by atoms with van der Waals surface area (Å²) >= 11 is 0. The maximum absolute atomic E-state index is 13.0. The van der Waals surface area contributed by atoms with Gasteiger partial charge in [-0.3, -0.25) is 24.3 Å². The number of rotatable bonds is 3. The lowest BCUT2D eigenvalue weighted by atomic mass is 9.94. The SMILES string of the molecule is COc1cnc2ncc(C3=C(C4=NC=CN5CCc6cccc4c65)C(=O)NC3=O)n2c1. The first-order valence-corrected chi connectivity index (χ1v) is 9.77. The van der Waals surface area contributed by atoms with Crippen LogP contribution in [-0.4, -0.2) is 45.5 Å². The lowest BCUT2D eigenvalue weighted by Crippen LogP contribution is -2.25. The molecule has 0 spiro atoms. The van der Waals surface area contributed by atoms with Crippen molar-refractivity contribution in [1.82, 2.24) is 19.7 Å². The van der Waals surface area contributed by atoms with Crippen molar-refractivity contribution in [2.24, 2.45) is 4.99 Å². The Hall–Kier alpha value is -4.27. The lowest BCUT2D eigenvalue weighted by Gasteiger charge is -2.17. The number of amides is 2. The zero-order valence-electron chi connectivity index (χ0n) is 16.5. The molecule has 1 N–H and O–H groups in total. The molecule has 3 aliphatic rings. The first-order chi connectivity index (χ1) is 15.2. The van der Waals surface area contributed by atoms with Crippen LogP contribution < -0.4 is 15.0 Å². The Balaban J connectivity index is 1.63. The molecule has 2 amide bonds. The van der Waals surface area contributed by atoms with Crippen molar-refractivity contribution in [1.29, 1.82) is 0 Å². The summed E-state index contributed by atoms with van der Waals surface area (Å²) in [7, 11) is 1.53. The van der Waals surface area contributed by atoms with Crippen LogP contribution in [0, 0.1) is 0 Å². The van der Waals surface area contributed by atoms with Gasteiger partial charge in [-0.15, -0.1) is 0 Å². The summed E-state index contributed by atoms with van der Waals surface area (Å²) in [6.45, 7) is 0.849. The van der Waals surface area contributed by atoms with Gasteiger partial charge in [0.1, 0.15) is 0 Å². The normalized spacial score (nSPS) is 17.2. The van der Waals surface area contributed by atoms with E-state index in [1.54, 1.807) is 23.0 Å². The van der Waals surface area contributed by atoms with Crippen LogP contribution >= 0.6 is 0 Å². The number of fused-ring (bicyclic) bond motifs is 1. The number of benzene rings is 1. The number of methoxy groups -OCH3 is 1. The summed E-state index contributed by atoms with van der Waals surface area (Å²) in [6.07, 6.45) is 9.25. The van der Waals surface area contributed by atoms with E-state index in [1.807, 2.05) is 18.3 Å². The molecule has 3 aliphatic heterocycles. The number of aliphatic imine (C=N–C) groups is 1. The van der Waals surface area contributed by atoms with Crippen molar-refractivity contribution >= 4 is 34.6 Å². The van der Waals surface area contributed by atoms with Crippen LogP contribution in [0.5, 0.6) is 5.75 Å². The van der Waals surface area contributed by atoms with Crippen molar-refractivity contribution in [3.63, 3.8) is 0 Å². The van der Waals surface area contributed by atoms with E-state index in [2.05, 4.69) is 31.2 Å². The molecule has 2 aromatic heterocycles. The second kappa shape index (κ2) is 6.36. The number of anilines is 1. The third-order valence-corrected chi connectivity index (χ3v) is 5.73. The molecule has 0 aliphatic carbocycles. The monoisotopic (exact) mass is 412 g/mol. The van der Waals surface area contributed by atoms with Gasteiger partial charge in [0.25, 0.3) is 11.8 Å². The zero-order chi connectivity index (χ0) is 21.1. The van der Waals surface area contributed by atoms with Crippen LogP contribution in [0.1, 0.15) is 16.8 Å². The summed E-state index contributed by atoms with van der Waals surface area (Å²) in [5.74, 6) is -0.0823. The molecule has 1 aromatic carbocycles. The molecule has 9 heteroatoms. The molecule has 0 atom stereocenters. The van der Waals surface area contributed by atoms with Gasteiger partial charge < -0.3 is 9.64 Å². The Morgan fingerprint density at radius 2 is 1.94 bits per heavy atom. The number of carbonyl (C=O) groups excluding carboxylic acids is 2. The van der Waals surface area contributed by atoms with Gasteiger partial charge >= 0.3 is 0 Å². The molecule has 0 fully saturated rings. The van der Waals surface area contributed by atoms with Crippen molar-refractivity contribution in [3.8, 4) is 5.75 Å². The van der Waals surface area contributed by atoms with Gasteiger partial charge in [0.05, 0.1) is 53.9 Å². The molecule has 0 radical (unpaired) electrons. The van der Waals surface area contributed by atoms with E-state index < -0.39 is 11.8 Å². The average molecular weight is 412 g/mol. The first-order valence-electron chi connectivity index (χ1n) is 9.77. The average Bonchev–Trinajstić information content (AvgIpc) is 3.42. The molecular formula is C22H16N6O3. The van der Waals surface area contributed by atoms with Crippen molar-refractivity contribution < 1.29 is 14.3 Å². The van der Waals surface area contributed by atoms with Crippen molar-refractivity contribution in [2.45, 2.75) is 6.42 Å². The molecule has 152 valence electrons. The first kappa shape index (κ1) is 17.6. The number of para-hydroxylation sites is 1. The molecule has 3 aromatic rings. The summed E-state index contributed by atoms with van der Waals surface area (Å²) in [5, 5.41) is 2.43. The molecule has 0 saturated heterocycles. The minimum atomic E-state index is -0.495. The molecule has 0 unspecified atom stereocenters. The number of nitrogens with one attached hydrogen (secondary N) is 1. The number of aromatic nitrogens is 3. The fourth-order valence-electron chi connectivity index (χ4n) is 4.35. The van der Waals surface area contributed by atoms with Crippen LogP contribution in [0.4, 0.5) is 5.69 Å². The standard InChI is InChI=1S/C22H16N6O3/c1-31-13-9-24-22-25-10-15(28(22)11-13)16-17(21(30)26-20(16)29)18-14-4-2-3-12-5-7-27(19(12)14)8-6-23-18/h2-4,6,8-11H,5,7H2,1H3,(H,26,29,30). The largest absolute Gasteiger partial charge is 0.494 e. The highest BCUT2D eigenvalue weighted by Crippen LogP contribution is 2.37. The second-order valence-electron chi connectivity index (χ2n) is 7.37. The molecule has 31 heavy (non-hydrogen) atoms. The van der Waals surface area contributed by atoms with Crippen LogP contribution in [0.15, 0.2) is 59.8 Å². The van der Waals surface area contributed by atoms with E-state index in [4.69, 9.17) is 4.74 Å². The number of imide groups is 1. The fourth-order valence-corrected chi connectivity index (χ4v) is 4.35. The Morgan fingerprint density at radius 1 is 1.10 bits per heavy atom. The van der Waals surface area contributed by atoms with Crippen LogP contribution in [-0.2, 0) is 16.0 Å². The Bertz CT molecular complexity index is 1400. The van der Waals surface area contributed by atoms with E-state index in [0.717, 1.165) is 24.2 Å². The fraction of sp³-hybridized carbons (Fsp3) is 0.136. The van der Waals surface area contributed by atoms with Gasteiger partial charge in [0.2, 0.25) is 5.78 Å². The summed E-state index contributed by atoms with van der Waals surface area (Å²) in [4.78, 5) is 41.1. The van der Waals surface area contributed by atoms with Crippen LogP contribution in [0.25, 0.3) is 11.4 Å². The highest BCUT2D eigenvalue weighted by Gasteiger charge is 2.38. The second-order valence-corrected chi connectivity index (χ2v) is 7.37. The Morgan fingerprint density at radius 3 is 2.81 bits per heavy atom. The minimum absolute atomic E-state index is 0.212. The van der Waals surface area contributed by atoms with Gasteiger partial charge in [-0.05, 0) is 12.0 Å². The Kier molecular flexibility index (Phi) is 3.61. The topological polar surface area (TPSA) is 101 Å². The third-order valence-electron chi connectivity index (χ3n) is 5.73. The number of hydrogen-bond donors (Lipinski definition) is 1. The van der Waals surface area contributed by atoms with Gasteiger partial charge in [-0.25, -0.2) is 9.97 Å². The maximum Gasteiger partial charge on any atom is 0.261 e. The molecule has 9 nitrogen and oxygen atoms in total. The predicted octanol–water partition coefficient (Wildman–Crippen LogP) is 1.48. The van der Waals surface area contributed by atoms with E-state index in [0.29, 0.717) is 22.9 Å². The van der Waals surface area contributed by atoms with E-state index in [9.17, 15) is 9.59 Å². The highest BCUT2D eigenvalue weighted by molar-refractivity contribution is 6.47. The Labute approximate surface area is 176 Å². The van der Waals surface area contributed by atoms with Crippen molar-refractivity contribution in [2.75, 3.05) is 18.6 Å². The number of hydrogen-bond acceptors (Lipinski definition) is 7. The van der Waals surface area contributed by atoms with Crippen LogP contribution in [0.3, 0.4) is 0 Å². The lowest BCUT2D eigenvalue weighted by molar-refractivity contribution is -0.123. The number of ether oxygens (including phenoxy) is 1. The smallest absolute Gasteiger partial charge is 0.261 e. The predicted molar refractivity (Wildman–Crippen MR) is 113 cm³/mol. The molecule has 0 saturated carbocycles. The van der Waals surface area contributed by atoms with E-state index in [-0.39, 0.29) is 11.1 Å². The quantitative estimate of drug-likeness (QED) is 0.654. The minimum Gasteiger partial charge on any atom is -0.494 e. The number of imidazole rings is 1. The van der Waals surface area contributed by atoms with Gasteiger partial charge in [-0.2, -0.15) is 0 Å². The molecule has 5 heterocycles. The van der Waals surface area contributed by atoms with Gasteiger partial charge in [0.15, 0.2) is 5.75 Å². The van der Waals surface area contributed by atoms with Crippen molar-refractivity contribution in [3.05, 3.63) is 71.6 Å². The van der Waals surface area contributed by atoms with Gasteiger partial charge in [-0.1, -0.05) is 18.2 Å². The molecular weight excluding hydrogens is 396 g/mol. The number of carbonyl (C=O) groups is 2. The third kappa shape index (κ3) is 2.46. The molecule has 0 bridgehead atoms. The van der Waals surface area contributed by atoms with Crippen LogP contribution in [0.2, 0.25) is 0 Å².